The van der Waals surface area contributed by atoms with Crippen molar-refractivity contribution in [2.24, 2.45) is 17.8 Å². The summed E-state index contributed by atoms with van der Waals surface area (Å²) in [6.07, 6.45) is 4.43. The van der Waals surface area contributed by atoms with Crippen LogP contribution in [0.5, 0.6) is 0 Å². The monoisotopic (exact) mass is 416 g/mol. The van der Waals surface area contributed by atoms with Crippen LogP contribution >= 0.6 is 7.92 Å². The van der Waals surface area contributed by atoms with Gasteiger partial charge in [-0.05, 0) is 36.2 Å². The average molecular weight is 415 g/mol. The van der Waals surface area contributed by atoms with E-state index in [1.54, 1.807) is 0 Å². The van der Waals surface area contributed by atoms with Crippen molar-refractivity contribution in [2.75, 3.05) is 18.5 Å². The topological polar surface area (TPSA) is 68.3 Å². The number of rotatable bonds is 6. The van der Waals surface area contributed by atoms with Gasteiger partial charge in [-0.1, -0.05) is 41.5 Å². The number of hydrogen-bond donors (Lipinski definition) is 0. The quantitative estimate of drug-likeness (QED) is 0.494. The molecule has 0 saturated heterocycles. The fraction of sp³-hybridized carbons (Fsp3) is 0.750. The first-order valence-corrected chi connectivity index (χ1v) is 8.35. The van der Waals surface area contributed by atoms with E-state index in [1.807, 2.05) is 0 Å². The van der Waals surface area contributed by atoms with E-state index in [2.05, 4.69) is 68.7 Å². The molecule has 0 saturated carbocycles. The van der Waals surface area contributed by atoms with Crippen LogP contribution < -0.4 is 0 Å². The zero-order valence-corrected chi connectivity index (χ0v) is 16.9. The summed E-state index contributed by atoms with van der Waals surface area (Å²) < 4.78 is 0. The maximum absolute atomic E-state index is 7.50. The first-order valence-electron chi connectivity index (χ1n) is 6.45. The Kier molecular flexibility index (Phi) is 63.8. The zero-order chi connectivity index (χ0) is 18.4. The molecule has 0 aromatic rings. The molecule has 0 unspecified atom stereocenters. The van der Waals surface area contributed by atoms with Gasteiger partial charge in [-0.3, -0.25) is 19.2 Å². The standard InChI is InChI=1S/C12H27P.4CO.Ru/c1-10(2)7-13(8-11(3)4)9-12(5)6;4*1-2;/h10-12H,7-9H2,1-6H3;;;;;. The molecule has 0 aromatic heterocycles. The van der Waals surface area contributed by atoms with Gasteiger partial charge in [0.25, 0.3) is 27.2 Å². The fourth-order valence-electron chi connectivity index (χ4n) is 1.77. The van der Waals surface area contributed by atoms with Crippen LogP contribution in [0.15, 0.2) is 0 Å². The van der Waals surface area contributed by atoms with Gasteiger partial charge in [-0.15, -0.1) is 7.92 Å². The van der Waals surface area contributed by atoms with E-state index < -0.39 is 0 Å². The van der Waals surface area contributed by atoms with Gasteiger partial charge in [0.15, 0.2) is 0 Å². The van der Waals surface area contributed by atoms with Crippen molar-refractivity contribution in [1.29, 1.82) is 0 Å². The van der Waals surface area contributed by atoms with Crippen LogP contribution in [0.4, 0.5) is 0 Å². The van der Waals surface area contributed by atoms with Gasteiger partial charge in [0, 0.05) is 19.5 Å². The molecule has 0 fully saturated rings. The minimum Gasteiger partial charge on any atom is -0.281 e. The third-order valence-corrected chi connectivity index (χ3v) is 5.61. The van der Waals surface area contributed by atoms with Crippen LogP contribution in [0, 0.1) is 17.8 Å². The normalized spacial score (nSPS) is 8.09. The van der Waals surface area contributed by atoms with E-state index in [0.717, 1.165) is 17.8 Å². The van der Waals surface area contributed by atoms with Gasteiger partial charge < -0.3 is 0 Å². The fourth-order valence-corrected chi connectivity index (χ4v) is 5.32. The maximum Gasteiger partial charge on any atom is 0.281 e. The van der Waals surface area contributed by atoms with Gasteiger partial charge in [0.05, 0.1) is 0 Å². The molecule has 0 amide bonds. The molecule has 4 nitrogen and oxygen atoms in total. The molecule has 0 bridgehead atoms. The van der Waals surface area contributed by atoms with E-state index in [1.165, 1.54) is 18.5 Å². The number of carbonyl (C=O) groups excluding carboxylic acids is 4. The molecule has 0 aliphatic carbocycles. The molecular formula is C16H27O4PRu. The van der Waals surface area contributed by atoms with Crippen LogP contribution in [0.1, 0.15) is 41.5 Å². The van der Waals surface area contributed by atoms with Crippen LogP contribution in [-0.2, 0) is 38.7 Å². The average Bonchev–Trinajstić information content (AvgIpc) is 2.45. The van der Waals surface area contributed by atoms with Crippen molar-refractivity contribution >= 4 is 35.1 Å². The summed E-state index contributed by atoms with van der Waals surface area (Å²) in [5, 5.41) is 0. The minimum atomic E-state index is 0. The molecule has 0 spiro atoms. The van der Waals surface area contributed by atoms with Gasteiger partial charge in [0.1, 0.15) is 0 Å². The van der Waals surface area contributed by atoms with E-state index in [4.69, 9.17) is 19.2 Å². The smallest absolute Gasteiger partial charge is 0.281 e. The summed E-state index contributed by atoms with van der Waals surface area (Å²) in [5.74, 6) is 2.68. The zero-order valence-electron chi connectivity index (χ0n) is 14.3. The second kappa shape index (κ2) is 37.2. The summed E-state index contributed by atoms with van der Waals surface area (Å²) in [5.41, 5.74) is 0. The van der Waals surface area contributed by atoms with Gasteiger partial charge in [-0.25, -0.2) is 0 Å². The molecule has 0 aliphatic rings. The first kappa shape index (κ1) is 37.7. The Hall–Kier alpha value is -0.267. The Morgan fingerprint density at radius 1 is 0.545 bits per heavy atom. The molecule has 0 atom stereocenters. The van der Waals surface area contributed by atoms with E-state index in [0.29, 0.717) is 7.92 Å². The van der Waals surface area contributed by atoms with Crippen molar-refractivity contribution in [3.05, 3.63) is 0 Å². The SMILES string of the molecule is CC(C)CP(CC(C)C)CC(C)C.[C]=O.[C]=O.[C]=O.[C]=O.[Ru]. The first-order chi connectivity index (χ1) is 9.91. The summed E-state index contributed by atoms with van der Waals surface area (Å²) in [4.78, 5) is 30.0. The third kappa shape index (κ3) is 50.3. The second-order valence-corrected chi connectivity index (χ2v) is 7.84. The predicted octanol–water partition coefficient (Wildman–Crippen LogP) is 2.85. The molecule has 8 radical (unpaired) electrons. The van der Waals surface area contributed by atoms with Crippen molar-refractivity contribution in [2.45, 2.75) is 41.5 Å². The van der Waals surface area contributed by atoms with E-state index in [9.17, 15) is 0 Å². The summed E-state index contributed by atoms with van der Waals surface area (Å²) in [6.45, 7) is 32.1. The Balaban J connectivity index is -0.0000000613. The largest absolute Gasteiger partial charge is 0.281 e. The van der Waals surface area contributed by atoms with Crippen molar-refractivity contribution in [3.8, 4) is 0 Å². The van der Waals surface area contributed by atoms with Crippen molar-refractivity contribution in [3.63, 3.8) is 0 Å². The third-order valence-electron chi connectivity index (χ3n) is 1.87. The summed E-state index contributed by atoms with van der Waals surface area (Å²) in [7, 11) is 0.321. The Bertz CT molecular complexity index is 150. The van der Waals surface area contributed by atoms with E-state index >= 15 is 0 Å². The van der Waals surface area contributed by atoms with Crippen LogP contribution in [0.2, 0.25) is 0 Å². The van der Waals surface area contributed by atoms with Gasteiger partial charge >= 0.3 is 0 Å². The summed E-state index contributed by atoms with van der Waals surface area (Å²) >= 11 is 0. The van der Waals surface area contributed by atoms with Gasteiger partial charge in [-0.2, -0.15) is 0 Å². The molecule has 0 aromatic carbocycles. The molecule has 22 heavy (non-hydrogen) atoms. The Morgan fingerprint density at radius 2 is 0.682 bits per heavy atom. The second-order valence-electron chi connectivity index (χ2n) is 5.40. The minimum absolute atomic E-state index is 0. The molecule has 6 heteroatoms. The van der Waals surface area contributed by atoms with Crippen LogP contribution in [0.25, 0.3) is 0 Å². The van der Waals surface area contributed by atoms with Crippen LogP contribution in [-0.4, -0.2) is 45.6 Å². The van der Waals surface area contributed by atoms with E-state index in [-0.39, 0.29) is 19.5 Å². The Labute approximate surface area is 151 Å². The van der Waals surface area contributed by atoms with Gasteiger partial charge in [0.2, 0.25) is 0 Å². The molecular weight excluding hydrogens is 388 g/mol. The molecule has 0 aliphatic heterocycles. The molecule has 0 heterocycles. The van der Waals surface area contributed by atoms with Crippen molar-refractivity contribution < 1.29 is 38.7 Å². The Morgan fingerprint density at radius 3 is 0.773 bits per heavy atom. The molecule has 128 valence electrons. The van der Waals surface area contributed by atoms with Crippen molar-refractivity contribution in [1.82, 2.24) is 0 Å². The predicted molar refractivity (Wildman–Crippen MR) is 88.8 cm³/mol. The molecule has 0 rings (SSSR count). The van der Waals surface area contributed by atoms with Crippen LogP contribution in [0.3, 0.4) is 0 Å². The summed E-state index contributed by atoms with van der Waals surface area (Å²) in [6, 6.07) is 0. The maximum atomic E-state index is 7.50. The number of hydrogen-bond acceptors (Lipinski definition) is 4. The molecule has 0 N–H and O–H groups in total.